The van der Waals surface area contributed by atoms with Crippen LogP contribution in [0.5, 0.6) is 0 Å². The van der Waals surface area contributed by atoms with Gasteiger partial charge in [-0.05, 0) is 32.7 Å². The molecule has 1 fully saturated rings. The molecule has 2 radical (unpaired) electrons. The Balaban J connectivity index is 2.13. The van der Waals surface area contributed by atoms with Gasteiger partial charge in [0.15, 0.2) is 0 Å². The lowest BCUT2D eigenvalue weighted by Gasteiger charge is -2.13. The Morgan fingerprint density at radius 3 is 2.91 bits per heavy atom. The van der Waals surface area contributed by atoms with Gasteiger partial charge in [0.25, 0.3) is 0 Å². The van der Waals surface area contributed by atoms with Crippen molar-refractivity contribution >= 4 is 5.78 Å². The van der Waals surface area contributed by atoms with Crippen LogP contribution in [-0.4, -0.2) is 30.3 Å². The second kappa shape index (κ2) is 3.86. The van der Waals surface area contributed by atoms with E-state index in [0.29, 0.717) is 12.3 Å². The van der Waals surface area contributed by atoms with Gasteiger partial charge < -0.3 is 4.90 Å². The first-order valence-electron chi connectivity index (χ1n) is 4.16. The third-order valence-corrected chi connectivity index (χ3v) is 2.09. The van der Waals surface area contributed by atoms with Gasteiger partial charge in [-0.3, -0.25) is 4.79 Å². The van der Waals surface area contributed by atoms with Gasteiger partial charge >= 0.3 is 0 Å². The smallest absolute Gasteiger partial charge is 0.131 e. The molecule has 0 spiro atoms. The summed E-state index contributed by atoms with van der Waals surface area (Å²) < 4.78 is 0. The van der Waals surface area contributed by atoms with Gasteiger partial charge in [-0.15, -0.1) is 0 Å². The SMILES string of the molecule is [CH]C1CCN(CCC(C)=O)C1. The van der Waals surface area contributed by atoms with Gasteiger partial charge in [0, 0.05) is 19.5 Å². The molecule has 11 heavy (non-hydrogen) atoms. The molecule has 0 bridgehead atoms. The standard InChI is InChI=1S/C9H15NO/c1-8-3-5-10(7-8)6-4-9(2)11/h1,8H,3-7H2,2H3. The highest BCUT2D eigenvalue weighted by atomic mass is 16.1. The Kier molecular flexibility index (Phi) is 3.06. The maximum atomic E-state index is 10.6. The van der Waals surface area contributed by atoms with Gasteiger partial charge in [-0.2, -0.15) is 0 Å². The van der Waals surface area contributed by atoms with E-state index < -0.39 is 0 Å². The second-order valence-electron chi connectivity index (χ2n) is 3.30. The van der Waals surface area contributed by atoms with E-state index in [4.69, 9.17) is 6.92 Å². The average molecular weight is 153 g/mol. The Bertz CT molecular complexity index is 144. The molecule has 1 aliphatic heterocycles. The lowest BCUT2D eigenvalue weighted by molar-refractivity contribution is -0.117. The van der Waals surface area contributed by atoms with Gasteiger partial charge in [-0.1, -0.05) is 0 Å². The minimum Gasteiger partial charge on any atom is -0.303 e. The molecule has 1 unspecified atom stereocenters. The van der Waals surface area contributed by atoms with Crippen molar-refractivity contribution in [1.29, 1.82) is 0 Å². The van der Waals surface area contributed by atoms with Crippen molar-refractivity contribution in [2.75, 3.05) is 19.6 Å². The quantitative estimate of drug-likeness (QED) is 0.603. The van der Waals surface area contributed by atoms with Gasteiger partial charge in [0.05, 0.1) is 0 Å². The monoisotopic (exact) mass is 153 g/mol. The van der Waals surface area contributed by atoms with Crippen molar-refractivity contribution in [3.63, 3.8) is 0 Å². The fraction of sp³-hybridized carbons (Fsp3) is 0.778. The summed E-state index contributed by atoms with van der Waals surface area (Å²) in [7, 11) is 0. The molecule has 1 atom stereocenters. The van der Waals surface area contributed by atoms with E-state index in [0.717, 1.165) is 26.1 Å². The molecular weight excluding hydrogens is 138 g/mol. The van der Waals surface area contributed by atoms with E-state index in [-0.39, 0.29) is 5.78 Å². The van der Waals surface area contributed by atoms with E-state index in [1.54, 1.807) is 6.92 Å². The zero-order valence-electron chi connectivity index (χ0n) is 7.05. The molecule has 0 amide bonds. The predicted octanol–water partition coefficient (Wildman–Crippen LogP) is 0.998. The highest BCUT2D eigenvalue weighted by Crippen LogP contribution is 2.14. The lowest BCUT2D eigenvalue weighted by Crippen LogP contribution is -2.22. The molecule has 0 saturated carbocycles. The Morgan fingerprint density at radius 1 is 1.73 bits per heavy atom. The van der Waals surface area contributed by atoms with Gasteiger partial charge in [-0.25, -0.2) is 0 Å². The molecule has 0 N–H and O–H groups in total. The van der Waals surface area contributed by atoms with Crippen LogP contribution in [0.1, 0.15) is 19.8 Å². The first-order chi connectivity index (χ1) is 5.18. The van der Waals surface area contributed by atoms with Crippen LogP contribution < -0.4 is 0 Å². The van der Waals surface area contributed by atoms with Crippen molar-refractivity contribution in [3.05, 3.63) is 6.92 Å². The highest BCUT2D eigenvalue weighted by Gasteiger charge is 2.18. The molecule has 1 saturated heterocycles. The van der Waals surface area contributed by atoms with Crippen molar-refractivity contribution in [2.45, 2.75) is 19.8 Å². The van der Waals surface area contributed by atoms with Gasteiger partial charge in [0.1, 0.15) is 5.78 Å². The predicted molar refractivity (Wildman–Crippen MR) is 44.1 cm³/mol. The van der Waals surface area contributed by atoms with Crippen LogP contribution in [0.15, 0.2) is 0 Å². The largest absolute Gasteiger partial charge is 0.303 e. The summed E-state index contributed by atoms with van der Waals surface area (Å²) in [4.78, 5) is 12.9. The number of Topliss-reactive ketones (excluding diaryl/α,β-unsaturated/α-hetero) is 1. The van der Waals surface area contributed by atoms with Crippen LogP contribution in [0.2, 0.25) is 0 Å². The summed E-state index contributed by atoms with van der Waals surface area (Å²) in [6, 6.07) is 0. The number of hydrogen-bond donors (Lipinski definition) is 0. The fourth-order valence-electron chi connectivity index (χ4n) is 1.38. The zero-order chi connectivity index (χ0) is 8.27. The number of carbonyl (C=O) groups excluding carboxylic acids is 1. The summed E-state index contributed by atoms with van der Waals surface area (Å²) in [5, 5.41) is 0. The van der Waals surface area contributed by atoms with E-state index in [1.165, 1.54) is 0 Å². The maximum Gasteiger partial charge on any atom is 0.131 e. The molecule has 1 heterocycles. The number of ketones is 1. The van der Waals surface area contributed by atoms with Crippen molar-refractivity contribution in [1.82, 2.24) is 4.90 Å². The minimum absolute atomic E-state index is 0.269. The maximum absolute atomic E-state index is 10.6. The minimum atomic E-state index is 0.269. The van der Waals surface area contributed by atoms with Crippen LogP contribution >= 0.6 is 0 Å². The molecule has 1 aliphatic rings. The van der Waals surface area contributed by atoms with Crippen molar-refractivity contribution in [3.8, 4) is 0 Å². The molecule has 0 aromatic carbocycles. The van der Waals surface area contributed by atoms with Crippen LogP contribution in [0.4, 0.5) is 0 Å². The summed E-state index contributed by atoms with van der Waals surface area (Å²) in [6.07, 6.45) is 1.75. The molecule has 62 valence electrons. The molecule has 1 rings (SSSR count). The molecule has 0 aromatic rings. The van der Waals surface area contributed by atoms with Crippen molar-refractivity contribution in [2.24, 2.45) is 5.92 Å². The zero-order valence-corrected chi connectivity index (χ0v) is 7.05. The second-order valence-corrected chi connectivity index (χ2v) is 3.30. The van der Waals surface area contributed by atoms with Crippen LogP contribution in [0.25, 0.3) is 0 Å². The Labute approximate surface area is 68.6 Å². The summed E-state index contributed by atoms with van der Waals surface area (Å²) in [5.74, 6) is 0.604. The van der Waals surface area contributed by atoms with E-state index in [9.17, 15) is 4.79 Å². The number of rotatable bonds is 3. The van der Waals surface area contributed by atoms with E-state index in [1.807, 2.05) is 0 Å². The average Bonchev–Trinajstić information content (AvgIpc) is 2.31. The third kappa shape index (κ3) is 3.02. The van der Waals surface area contributed by atoms with Crippen molar-refractivity contribution < 1.29 is 4.79 Å². The molecule has 0 aliphatic carbocycles. The summed E-state index contributed by atoms with van der Waals surface area (Å²) >= 11 is 0. The number of carbonyl (C=O) groups is 1. The number of likely N-dealkylation sites (tertiary alicyclic amines) is 1. The third-order valence-electron chi connectivity index (χ3n) is 2.09. The lowest BCUT2D eigenvalue weighted by atomic mass is 10.2. The molecule has 2 nitrogen and oxygen atoms in total. The first-order valence-corrected chi connectivity index (χ1v) is 4.16. The molecule has 0 aromatic heterocycles. The van der Waals surface area contributed by atoms with Gasteiger partial charge in [0.2, 0.25) is 0 Å². The number of hydrogen-bond acceptors (Lipinski definition) is 2. The summed E-state index contributed by atoms with van der Waals surface area (Å²) in [6.45, 7) is 10.3. The highest BCUT2D eigenvalue weighted by molar-refractivity contribution is 5.75. The van der Waals surface area contributed by atoms with E-state index in [2.05, 4.69) is 4.90 Å². The first kappa shape index (κ1) is 8.72. The van der Waals surface area contributed by atoms with Crippen LogP contribution in [-0.2, 0) is 4.79 Å². The Hall–Kier alpha value is -0.370. The van der Waals surface area contributed by atoms with E-state index >= 15 is 0 Å². The topological polar surface area (TPSA) is 20.3 Å². The summed E-state index contributed by atoms with van der Waals surface area (Å²) in [5.41, 5.74) is 0. The van der Waals surface area contributed by atoms with Crippen LogP contribution in [0.3, 0.4) is 0 Å². The normalized spacial score (nSPS) is 25.8. The molecular formula is C9H15NO. The molecule has 2 heteroatoms. The number of nitrogens with zero attached hydrogens (tertiary/aromatic N) is 1. The fourth-order valence-corrected chi connectivity index (χ4v) is 1.38. The Morgan fingerprint density at radius 2 is 2.45 bits per heavy atom. The van der Waals surface area contributed by atoms with Crippen LogP contribution in [0, 0.1) is 12.8 Å².